The van der Waals surface area contributed by atoms with Gasteiger partial charge in [0.25, 0.3) is 0 Å². The maximum absolute atomic E-state index is 14.7. The van der Waals surface area contributed by atoms with Crippen molar-refractivity contribution in [3.05, 3.63) is 11.6 Å². The second-order valence-electron chi connectivity index (χ2n) is 17.5. The van der Waals surface area contributed by atoms with E-state index in [0.717, 1.165) is 44.9 Å². The fourth-order valence-electron chi connectivity index (χ4n) is 11.6. The number of aliphatic carboxylic acids is 1. The molecule has 0 radical (unpaired) electrons. The lowest BCUT2D eigenvalue weighted by molar-refractivity contribution is -0.211. The molecule has 2 N–H and O–H groups in total. The van der Waals surface area contributed by atoms with Gasteiger partial charge in [0.2, 0.25) is 5.91 Å². The van der Waals surface area contributed by atoms with Crippen molar-refractivity contribution in [2.24, 2.45) is 50.2 Å². The normalized spacial score (nSPS) is 42.0. The quantitative estimate of drug-likeness (QED) is 0.286. The van der Waals surface area contributed by atoms with Gasteiger partial charge in [-0.15, -0.1) is 0 Å². The van der Waals surface area contributed by atoms with E-state index < -0.39 is 23.3 Å². The first-order valence-electron chi connectivity index (χ1n) is 17.9. The first kappa shape index (κ1) is 35.6. The molecule has 4 fully saturated rings. The molecule has 9 heteroatoms. The molecule has 5 aliphatic rings. The number of carboxylic acids is 1. The van der Waals surface area contributed by atoms with E-state index in [0.29, 0.717) is 12.8 Å². The molecule has 4 saturated carbocycles. The molecule has 0 aromatic carbocycles. The Morgan fingerprint density at radius 2 is 1.57 bits per heavy atom. The summed E-state index contributed by atoms with van der Waals surface area (Å²) in [6, 6.07) is 0. The SMILES string of the molecule is CCOC(=O)CNC(=O)[C@@]1(C)CC[C@]2(C)CC[C@]3(C)C(=CC(=O)[C@@H]4[C@@]5(C)CC[C@H](OC(=O)CCC(=O)O)C(C)(C)[C@@H]5CC[C@]43C)[C@@H]2C1. The van der Waals surface area contributed by atoms with Crippen LogP contribution in [0, 0.1) is 50.2 Å². The highest BCUT2D eigenvalue weighted by Gasteiger charge is 2.70. The summed E-state index contributed by atoms with van der Waals surface area (Å²) >= 11 is 0. The number of fused-ring (bicyclic) bond motifs is 7. The molecule has 5 rings (SSSR count). The highest BCUT2D eigenvalue weighted by atomic mass is 16.5. The summed E-state index contributed by atoms with van der Waals surface area (Å²) in [5.74, 6) is -1.76. The summed E-state index contributed by atoms with van der Waals surface area (Å²) < 4.78 is 11.0. The van der Waals surface area contributed by atoms with E-state index in [9.17, 15) is 24.0 Å². The molecule has 0 aliphatic heterocycles. The number of carbonyl (C=O) groups is 5. The van der Waals surface area contributed by atoms with Gasteiger partial charge in [-0.05, 0) is 104 Å². The van der Waals surface area contributed by atoms with Crippen molar-refractivity contribution in [1.82, 2.24) is 5.32 Å². The maximum atomic E-state index is 14.7. The Kier molecular flexibility index (Phi) is 9.10. The lowest BCUT2D eigenvalue weighted by Crippen LogP contribution is -2.67. The van der Waals surface area contributed by atoms with E-state index in [1.807, 2.05) is 13.0 Å². The number of carboxylic acid groups (broad SMARTS) is 1. The van der Waals surface area contributed by atoms with Crippen LogP contribution in [0.4, 0.5) is 0 Å². The molecule has 0 bridgehead atoms. The molecule has 9 atom stereocenters. The number of esters is 2. The van der Waals surface area contributed by atoms with Gasteiger partial charge in [-0.25, -0.2) is 0 Å². The van der Waals surface area contributed by atoms with Crippen LogP contribution in [-0.4, -0.2) is 54.0 Å². The molecule has 0 spiro atoms. The first-order chi connectivity index (χ1) is 21.8. The largest absolute Gasteiger partial charge is 0.481 e. The smallest absolute Gasteiger partial charge is 0.325 e. The standard InChI is InChI=1S/C38H57NO8/c1-9-46-30(44)22-39-32(45)35(5)17-16-34(4)18-19-37(7)23(24(34)21-35)20-25(40)31-36(6)14-13-27(47-29(43)11-10-28(41)42)33(2,3)26(36)12-15-38(31,37)8/h20,24,26-27,31H,9-19,21-22H2,1-8H3,(H,39,45)(H,41,42)/t24-,26-,27-,31+,34+,35-,36-,37+,38+/m0/s1. The number of ether oxygens (including phenoxy) is 2. The van der Waals surface area contributed by atoms with Gasteiger partial charge in [0, 0.05) is 16.7 Å². The average molecular weight is 656 g/mol. The van der Waals surface area contributed by atoms with Crippen LogP contribution in [-0.2, 0) is 33.4 Å². The molecule has 0 unspecified atom stereocenters. The van der Waals surface area contributed by atoms with E-state index in [1.165, 1.54) is 5.57 Å². The van der Waals surface area contributed by atoms with Gasteiger partial charge in [-0.1, -0.05) is 54.0 Å². The number of carbonyl (C=O) groups excluding carboxylic acids is 4. The monoisotopic (exact) mass is 655 g/mol. The van der Waals surface area contributed by atoms with Crippen molar-refractivity contribution in [1.29, 1.82) is 0 Å². The average Bonchev–Trinajstić information content (AvgIpc) is 2.98. The van der Waals surface area contributed by atoms with Gasteiger partial charge in [0.1, 0.15) is 12.6 Å². The molecule has 0 aromatic heterocycles. The second kappa shape index (κ2) is 12.0. The molecule has 1 amide bonds. The lowest BCUT2D eigenvalue weighted by Gasteiger charge is -2.70. The predicted molar refractivity (Wildman–Crippen MR) is 176 cm³/mol. The zero-order chi connectivity index (χ0) is 34.8. The zero-order valence-corrected chi connectivity index (χ0v) is 29.9. The lowest BCUT2D eigenvalue weighted by atomic mass is 9.33. The van der Waals surface area contributed by atoms with E-state index in [-0.39, 0.29) is 88.6 Å². The Labute approximate surface area is 280 Å². The summed E-state index contributed by atoms with van der Waals surface area (Å²) in [7, 11) is 0. The maximum Gasteiger partial charge on any atom is 0.325 e. The highest BCUT2D eigenvalue weighted by Crippen LogP contribution is 2.75. The Balaban J connectivity index is 1.43. The zero-order valence-electron chi connectivity index (χ0n) is 29.9. The number of hydrogen-bond acceptors (Lipinski definition) is 7. The minimum atomic E-state index is -1.01. The van der Waals surface area contributed by atoms with Crippen LogP contribution in [0.25, 0.3) is 0 Å². The predicted octanol–water partition coefficient (Wildman–Crippen LogP) is 6.42. The number of allylic oxidation sites excluding steroid dienone is 2. The van der Waals surface area contributed by atoms with Crippen molar-refractivity contribution in [2.45, 2.75) is 132 Å². The van der Waals surface area contributed by atoms with E-state index >= 15 is 0 Å². The second-order valence-corrected chi connectivity index (χ2v) is 17.5. The molecule has 47 heavy (non-hydrogen) atoms. The molecule has 9 nitrogen and oxygen atoms in total. The van der Waals surface area contributed by atoms with Crippen LogP contribution in [0.15, 0.2) is 11.6 Å². The van der Waals surface area contributed by atoms with Gasteiger partial charge in [-0.3, -0.25) is 24.0 Å². The Morgan fingerprint density at radius 3 is 2.23 bits per heavy atom. The summed E-state index contributed by atoms with van der Waals surface area (Å²) in [6.07, 6.45) is 8.85. The highest BCUT2D eigenvalue weighted by molar-refractivity contribution is 5.96. The number of amides is 1. The minimum Gasteiger partial charge on any atom is -0.481 e. The summed E-state index contributed by atoms with van der Waals surface area (Å²) in [5, 5.41) is 11.9. The molecular weight excluding hydrogens is 598 g/mol. The molecule has 0 aromatic rings. The molecule has 0 heterocycles. The fourth-order valence-corrected chi connectivity index (χ4v) is 11.6. The number of hydrogen-bond donors (Lipinski definition) is 2. The van der Waals surface area contributed by atoms with E-state index in [1.54, 1.807) is 6.92 Å². The van der Waals surface area contributed by atoms with Crippen molar-refractivity contribution < 1.29 is 38.6 Å². The molecule has 0 saturated heterocycles. The van der Waals surface area contributed by atoms with Gasteiger partial charge in [0.15, 0.2) is 5.78 Å². The van der Waals surface area contributed by atoms with Crippen molar-refractivity contribution in [2.75, 3.05) is 13.2 Å². The topological polar surface area (TPSA) is 136 Å². The number of ketones is 1. The summed E-state index contributed by atoms with van der Waals surface area (Å²) in [5.41, 5.74) is -0.536. The van der Waals surface area contributed by atoms with Crippen molar-refractivity contribution >= 4 is 29.6 Å². The number of rotatable bonds is 8. The fraction of sp³-hybridized carbons (Fsp3) is 0.816. The molecule has 5 aliphatic carbocycles. The van der Waals surface area contributed by atoms with Crippen LogP contribution in [0.2, 0.25) is 0 Å². The Bertz CT molecular complexity index is 1370. The van der Waals surface area contributed by atoms with E-state index in [4.69, 9.17) is 14.6 Å². The van der Waals surface area contributed by atoms with Crippen LogP contribution in [0.1, 0.15) is 126 Å². The van der Waals surface area contributed by atoms with Gasteiger partial charge in [0.05, 0.1) is 19.4 Å². The van der Waals surface area contributed by atoms with Crippen molar-refractivity contribution in [3.8, 4) is 0 Å². The van der Waals surface area contributed by atoms with Crippen LogP contribution < -0.4 is 5.32 Å². The van der Waals surface area contributed by atoms with E-state index in [2.05, 4.69) is 46.9 Å². The van der Waals surface area contributed by atoms with Crippen LogP contribution in [0.5, 0.6) is 0 Å². The van der Waals surface area contributed by atoms with Gasteiger partial charge >= 0.3 is 17.9 Å². The van der Waals surface area contributed by atoms with Gasteiger partial charge in [-0.2, -0.15) is 0 Å². The van der Waals surface area contributed by atoms with Crippen LogP contribution >= 0.6 is 0 Å². The van der Waals surface area contributed by atoms with Crippen molar-refractivity contribution in [3.63, 3.8) is 0 Å². The molecular formula is C38H57NO8. The number of nitrogens with one attached hydrogen (secondary N) is 1. The first-order valence-corrected chi connectivity index (χ1v) is 17.9. The van der Waals surface area contributed by atoms with Gasteiger partial charge < -0.3 is 19.9 Å². The summed E-state index contributed by atoms with van der Waals surface area (Å²) in [4.78, 5) is 63.9. The summed E-state index contributed by atoms with van der Waals surface area (Å²) in [6.45, 7) is 17.6. The Morgan fingerprint density at radius 1 is 0.894 bits per heavy atom. The van der Waals surface area contributed by atoms with Crippen LogP contribution in [0.3, 0.4) is 0 Å². The third-order valence-electron chi connectivity index (χ3n) is 14.6. The third kappa shape index (κ3) is 5.65. The third-order valence-corrected chi connectivity index (χ3v) is 14.6. The Hall–Kier alpha value is -2.71. The molecule has 262 valence electrons. The minimum absolute atomic E-state index is 0.00141.